The quantitative estimate of drug-likeness (QED) is 0.708. The van der Waals surface area contributed by atoms with Crippen LogP contribution in [0.3, 0.4) is 0 Å². The summed E-state index contributed by atoms with van der Waals surface area (Å²) in [6.07, 6.45) is 1.39. The summed E-state index contributed by atoms with van der Waals surface area (Å²) in [6, 6.07) is 5.76. The minimum atomic E-state index is -0.301. The van der Waals surface area contributed by atoms with E-state index < -0.39 is 0 Å². The number of carbonyl (C=O) groups excluding carboxylic acids is 1. The molecule has 0 N–H and O–H groups in total. The molecule has 0 aliphatic rings. The van der Waals surface area contributed by atoms with Crippen LogP contribution in [0.25, 0.3) is 0 Å². The van der Waals surface area contributed by atoms with E-state index in [0.717, 1.165) is 26.1 Å². The van der Waals surface area contributed by atoms with Gasteiger partial charge < -0.3 is 4.90 Å². The van der Waals surface area contributed by atoms with Crippen LogP contribution in [-0.2, 0) is 0 Å². The number of carbonyl (C=O) groups is 1. The second-order valence-corrected chi connectivity index (χ2v) is 4.06. The third-order valence-electron chi connectivity index (χ3n) is 2.94. The van der Waals surface area contributed by atoms with Crippen molar-refractivity contribution in [2.24, 2.45) is 0 Å². The summed E-state index contributed by atoms with van der Waals surface area (Å²) in [7, 11) is 0. The Bertz CT molecular complexity index is 349. The highest BCUT2D eigenvalue weighted by molar-refractivity contribution is 5.95. The summed E-state index contributed by atoms with van der Waals surface area (Å²) in [4.78, 5) is 14.1. The van der Waals surface area contributed by atoms with Gasteiger partial charge in [0.15, 0.2) is 5.78 Å². The van der Waals surface area contributed by atoms with Gasteiger partial charge in [-0.1, -0.05) is 13.8 Å². The molecule has 0 saturated carbocycles. The fraction of sp³-hybridized carbons (Fsp3) is 0.500. The zero-order chi connectivity index (χ0) is 12.7. The van der Waals surface area contributed by atoms with Crippen molar-refractivity contribution < 1.29 is 9.18 Å². The highest BCUT2D eigenvalue weighted by Gasteiger charge is 2.06. The van der Waals surface area contributed by atoms with Crippen LogP contribution in [0.4, 0.5) is 4.39 Å². The van der Waals surface area contributed by atoms with Gasteiger partial charge in [-0.2, -0.15) is 0 Å². The largest absolute Gasteiger partial charge is 0.304 e. The van der Waals surface area contributed by atoms with Crippen molar-refractivity contribution in [2.75, 3.05) is 19.6 Å². The molecule has 0 radical (unpaired) electrons. The molecule has 0 atom stereocenters. The molecule has 0 aliphatic heterocycles. The van der Waals surface area contributed by atoms with Gasteiger partial charge in [0.05, 0.1) is 0 Å². The molecule has 1 aromatic carbocycles. The summed E-state index contributed by atoms with van der Waals surface area (Å²) in [5.74, 6) is -0.207. The molecule has 102 valence electrons. The van der Waals surface area contributed by atoms with E-state index in [0.29, 0.717) is 12.0 Å². The number of benzene rings is 1. The fourth-order valence-corrected chi connectivity index (χ4v) is 1.78. The molecule has 4 heteroatoms. The lowest BCUT2D eigenvalue weighted by Crippen LogP contribution is -2.24. The van der Waals surface area contributed by atoms with Gasteiger partial charge in [-0.15, -0.1) is 12.4 Å². The van der Waals surface area contributed by atoms with Gasteiger partial charge in [0, 0.05) is 12.0 Å². The predicted octanol–water partition coefficient (Wildman–Crippen LogP) is 3.55. The number of halogens is 2. The molecular formula is C14H21ClFNO. The molecule has 0 unspecified atom stereocenters. The number of ketones is 1. The first-order chi connectivity index (χ1) is 8.17. The Balaban J connectivity index is 0.00000289. The number of hydrogen-bond donors (Lipinski definition) is 0. The second-order valence-electron chi connectivity index (χ2n) is 4.06. The predicted molar refractivity (Wildman–Crippen MR) is 75.0 cm³/mol. The van der Waals surface area contributed by atoms with Crippen LogP contribution < -0.4 is 0 Å². The molecule has 2 nitrogen and oxygen atoms in total. The van der Waals surface area contributed by atoms with E-state index >= 15 is 0 Å². The summed E-state index contributed by atoms with van der Waals surface area (Å²) in [5.41, 5.74) is 0.603. The smallest absolute Gasteiger partial charge is 0.162 e. The Morgan fingerprint density at radius 2 is 1.72 bits per heavy atom. The lowest BCUT2D eigenvalue weighted by atomic mass is 10.1. The van der Waals surface area contributed by atoms with Gasteiger partial charge in [-0.05, 0) is 50.3 Å². The first-order valence-corrected chi connectivity index (χ1v) is 6.18. The minimum Gasteiger partial charge on any atom is -0.304 e. The number of Topliss-reactive ketones (excluding diaryl/α,β-unsaturated/α-hetero) is 1. The lowest BCUT2D eigenvalue weighted by Gasteiger charge is -2.17. The normalized spacial score (nSPS) is 10.2. The maximum atomic E-state index is 12.7. The molecule has 1 rings (SSSR count). The standard InChI is InChI=1S/C14H20FNO.ClH/c1-3-16(4-2)11-5-6-14(17)12-7-9-13(15)10-8-12;/h7-10H,3-6,11H2,1-2H3;1H. The summed E-state index contributed by atoms with van der Waals surface area (Å²) < 4.78 is 12.7. The Hall–Kier alpha value is -0.930. The molecule has 0 aromatic heterocycles. The summed E-state index contributed by atoms with van der Waals surface area (Å²) >= 11 is 0. The highest BCUT2D eigenvalue weighted by atomic mass is 35.5. The average molecular weight is 274 g/mol. The molecule has 0 bridgehead atoms. The number of rotatable bonds is 7. The fourth-order valence-electron chi connectivity index (χ4n) is 1.78. The van der Waals surface area contributed by atoms with Crippen molar-refractivity contribution in [3.8, 4) is 0 Å². The van der Waals surface area contributed by atoms with Gasteiger partial charge in [0.25, 0.3) is 0 Å². The maximum Gasteiger partial charge on any atom is 0.162 e. The van der Waals surface area contributed by atoms with E-state index in [1.54, 1.807) is 12.1 Å². The molecule has 0 aliphatic carbocycles. The zero-order valence-electron chi connectivity index (χ0n) is 11.0. The maximum absolute atomic E-state index is 12.7. The molecule has 0 amide bonds. The van der Waals surface area contributed by atoms with Gasteiger partial charge in [-0.25, -0.2) is 4.39 Å². The minimum absolute atomic E-state index is 0. The van der Waals surface area contributed by atoms with Crippen molar-refractivity contribution in [3.05, 3.63) is 35.6 Å². The van der Waals surface area contributed by atoms with E-state index in [4.69, 9.17) is 0 Å². The van der Waals surface area contributed by atoms with Crippen LogP contribution in [0.15, 0.2) is 24.3 Å². The SMILES string of the molecule is CCN(CC)CCCC(=O)c1ccc(F)cc1.Cl. The van der Waals surface area contributed by atoms with Gasteiger partial charge >= 0.3 is 0 Å². The lowest BCUT2D eigenvalue weighted by molar-refractivity contribution is 0.0975. The Labute approximate surface area is 115 Å². The third kappa shape index (κ3) is 5.61. The molecule has 0 heterocycles. The van der Waals surface area contributed by atoms with Crippen molar-refractivity contribution in [3.63, 3.8) is 0 Å². The topological polar surface area (TPSA) is 20.3 Å². The van der Waals surface area contributed by atoms with Crippen LogP contribution in [0.1, 0.15) is 37.0 Å². The van der Waals surface area contributed by atoms with Crippen LogP contribution in [0, 0.1) is 5.82 Å². The Kier molecular flexibility index (Phi) is 8.59. The van der Waals surface area contributed by atoms with Crippen molar-refractivity contribution in [2.45, 2.75) is 26.7 Å². The van der Waals surface area contributed by atoms with E-state index in [1.165, 1.54) is 12.1 Å². The Morgan fingerprint density at radius 1 is 1.17 bits per heavy atom. The van der Waals surface area contributed by atoms with Crippen LogP contribution >= 0.6 is 12.4 Å². The molecular weight excluding hydrogens is 253 g/mol. The number of nitrogens with zero attached hydrogens (tertiary/aromatic N) is 1. The highest BCUT2D eigenvalue weighted by Crippen LogP contribution is 2.07. The van der Waals surface area contributed by atoms with Gasteiger partial charge in [-0.3, -0.25) is 4.79 Å². The first kappa shape index (κ1) is 17.1. The second kappa shape index (κ2) is 9.06. The van der Waals surface area contributed by atoms with Gasteiger partial charge in [0.1, 0.15) is 5.82 Å². The molecule has 0 fully saturated rings. The monoisotopic (exact) mass is 273 g/mol. The van der Waals surface area contributed by atoms with Crippen LogP contribution in [0.5, 0.6) is 0 Å². The van der Waals surface area contributed by atoms with Crippen molar-refractivity contribution in [1.29, 1.82) is 0 Å². The first-order valence-electron chi connectivity index (χ1n) is 6.18. The van der Waals surface area contributed by atoms with Crippen molar-refractivity contribution in [1.82, 2.24) is 4.90 Å². The van der Waals surface area contributed by atoms with Gasteiger partial charge in [0.2, 0.25) is 0 Å². The van der Waals surface area contributed by atoms with Crippen LogP contribution in [-0.4, -0.2) is 30.3 Å². The van der Waals surface area contributed by atoms with Crippen molar-refractivity contribution >= 4 is 18.2 Å². The summed E-state index contributed by atoms with van der Waals surface area (Å²) in [5, 5.41) is 0. The van der Waals surface area contributed by atoms with E-state index in [-0.39, 0.29) is 24.0 Å². The third-order valence-corrected chi connectivity index (χ3v) is 2.94. The average Bonchev–Trinajstić information content (AvgIpc) is 2.35. The van der Waals surface area contributed by atoms with E-state index in [9.17, 15) is 9.18 Å². The molecule has 18 heavy (non-hydrogen) atoms. The Morgan fingerprint density at radius 3 is 2.22 bits per heavy atom. The molecule has 0 saturated heterocycles. The van der Waals surface area contributed by atoms with E-state index in [1.807, 2.05) is 0 Å². The molecule has 0 spiro atoms. The van der Waals surface area contributed by atoms with E-state index in [2.05, 4.69) is 18.7 Å². The zero-order valence-corrected chi connectivity index (χ0v) is 11.8. The molecule has 1 aromatic rings. The number of hydrogen-bond acceptors (Lipinski definition) is 2. The summed E-state index contributed by atoms with van der Waals surface area (Å²) in [6.45, 7) is 7.21. The van der Waals surface area contributed by atoms with Crippen LogP contribution in [0.2, 0.25) is 0 Å².